The summed E-state index contributed by atoms with van der Waals surface area (Å²) < 4.78 is 0. The molecule has 0 atom stereocenters. The number of aryl methyl sites for hydroxylation is 1. The van der Waals surface area contributed by atoms with E-state index in [1.807, 2.05) is 6.92 Å². The van der Waals surface area contributed by atoms with Crippen LogP contribution in [-0.2, 0) is 0 Å². The topological polar surface area (TPSA) is 135 Å². The van der Waals surface area contributed by atoms with Crippen LogP contribution in [0, 0.1) is 17.0 Å². The number of aromatic nitrogens is 3. The van der Waals surface area contributed by atoms with Crippen LogP contribution in [0.1, 0.15) is 10.4 Å². The third kappa shape index (κ3) is 2.59. The fraction of sp³-hybridized carbons (Fsp3) is 0.0833. The lowest BCUT2D eigenvalue weighted by Crippen LogP contribution is -1.95. The molecular weight excluding hydrogens is 306 g/mol. The maximum absolute atomic E-state index is 10.6. The summed E-state index contributed by atoms with van der Waals surface area (Å²) in [5.74, 6) is 0.833. The molecule has 112 valence electrons. The minimum Gasteiger partial charge on any atom is -0.380 e. The summed E-state index contributed by atoms with van der Waals surface area (Å²) in [5, 5.41) is 21.4. The summed E-state index contributed by atoms with van der Waals surface area (Å²) in [4.78, 5) is 15.1. The van der Waals surface area contributed by atoms with Gasteiger partial charge in [-0.1, -0.05) is 11.3 Å². The number of thiophene rings is 1. The van der Waals surface area contributed by atoms with E-state index in [4.69, 9.17) is 5.73 Å². The van der Waals surface area contributed by atoms with Gasteiger partial charge in [0.15, 0.2) is 5.82 Å². The Morgan fingerprint density at radius 3 is 3.09 bits per heavy atom. The molecule has 0 saturated heterocycles. The minimum atomic E-state index is -0.435. The van der Waals surface area contributed by atoms with Gasteiger partial charge in [-0.15, -0.1) is 0 Å². The number of rotatable bonds is 4. The van der Waals surface area contributed by atoms with Gasteiger partial charge < -0.3 is 5.73 Å². The quantitative estimate of drug-likeness (QED) is 0.383. The van der Waals surface area contributed by atoms with Crippen molar-refractivity contribution in [2.75, 3.05) is 11.2 Å². The van der Waals surface area contributed by atoms with Crippen molar-refractivity contribution in [3.8, 4) is 0 Å². The first-order valence-electron chi connectivity index (χ1n) is 6.19. The number of hydrogen-bond acceptors (Lipinski definition) is 8. The molecular formula is C12H11N7O2S. The van der Waals surface area contributed by atoms with Crippen LogP contribution >= 0.6 is 11.3 Å². The molecule has 9 nitrogen and oxygen atoms in total. The van der Waals surface area contributed by atoms with Crippen LogP contribution < -0.4 is 11.2 Å². The summed E-state index contributed by atoms with van der Waals surface area (Å²) in [6, 6.07) is 4.87. The Kier molecular flexibility index (Phi) is 3.43. The van der Waals surface area contributed by atoms with Crippen molar-refractivity contribution in [1.29, 1.82) is 0 Å². The number of nitrogens with two attached hydrogens (primary N) is 1. The highest BCUT2D eigenvalue weighted by Crippen LogP contribution is 2.23. The van der Waals surface area contributed by atoms with Gasteiger partial charge in [0.05, 0.1) is 21.5 Å². The van der Waals surface area contributed by atoms with Gasteiger partial charge in [-0.25, -0.2) is 4.98 Å². The number of nitrogen functional groups attached to an aromatic ring is 1. The molecule has 0 aliphatic heterocycles. The number of aromatic amines is 1. The number of pyridine rings is 1. The Hall–Kier alpha value is -3.01. The molecule has 0 amide bonds. The molecule has 0 radical (unpaired) electrons. The number of nitro groups is 1. The minimum absolute atomic E-state index is 0.0722. The lowest BCUT2D eigenvalue weighted by atomic mass is 10.2. The van der Waals surface area contributed by atoms with E-state index < -0.39 is 4.92 Å². The van der Waals surface area contributed by atoms with E-state index >= 15 is 0 Å². The van der Waals surface area contributed by atoms with E-state index in [0.717, 1.165) is 22.4 Å². The van der Waals surface area contributed by atoms with E-state index in [9.17, 15) is 10.1 Å². The van der Waals surface area contributed by atoms with Crippen molar-refractivity contribution in [2.45, 2.75) is 6.92 Å². The molecule has 0 fully saturated rings. The van der Waals surface area contributed by atoms with Crippen LogP contribution in [0.4, 0.5) is 16.6 Å². The molecule has 22 heavy (non-hydrogen) atoms. The molecule has 0 spiro atoms. The standard InChI is InChI=1S/C12H11N7O2S/c1-6-4-8(15-11-10(6)17-18-12(11)13)16-14-5-7-2-3-9(22-7)19(20)21/h2-5H,1H3,(H,15,16)(H3,13,17,18)/b14-5+. The highest BCUT2D eigenvalue weighted by molar-refractivity contribution is 7.16. The van der Waals surface area contributed by atoms with Gasteiger partial charge >= 0.3 is 5.00 Å². The number of fused-ring (bicyclic) bond motifs is 1. The van der Waals surface area contributed by atoms with Gasteiger partial charge in [0.2, 0.25) is 0 Å². The fourth-order valence-corrected chi connectivity index (χ4v) is 2.59. The van der Waals surface area contributed by atoms with E-state index in [1.165, 1.54) is 12.3 Å². The molecule has 4 N–H and O–H groups in total. The van der Waals surface area contributed by atoms with Crippen molar-refractivity contribution in [2.24, 2.45) is 5.10 Å². The summed E-state index contributed by atoms with van der Waals surface area (Å²) in [6.07, 6.45) is 1.50. The van der Waals surface area contributed by atoms with Crippen LogP contribution in [0.3, 0.4) is 0 Å². The molecule has 0 aliphatic rings. The first-order chi connectivity index (χ1) is 10.5. The van der Waals surface area contributed by atoms with Gasteiger partial charge in [-0.05, 0) is 24.6 Å². The molecule has 0 bridgehead atoms. The monoisotopic (exact) mass is 317 g/mol. The van der Waals surface area contributed by atoms with Gasteiger partial charge in [0, 0.05) is 6.07 Å². The van der Waals surface area contributed by atoms with E-state index in [2.05, 4.69) is 25.7 Å². The summed E-state index contributed by atoms with van der Waals surface area (Å²) in [7, 11) is 0. The number of nitrogens with one attached hydrogen (secondary N) is 2. The average Bonchev–Trinajstić information content (AvgIpc) is 3.07. The van der Waals surface area contributed by atoms with Crippen molar-refractivity contribution in [3.63, 3.8) is 0 Å². The van der Waals surface area contributed by atoms with E-state index in [1.54, 1.807) is 12.1 Å². The second-order valence-corrected chi connectivity index (χ2v) is 5.55. The largest absolute Gasteiger partial charge is 0.380 e. The second-order valence-electron chi connectivity index (χ2n) is 4.46. The highest BCUT2D eigenvalue weighted by atomic mass is 32.1. The molecule has 0 aromatic carbocycles. The van der Waals surface area contributed by atoms with E-state index in [-0.39, 0.29) is 5.00 Å². The maximum atomic E-state index is 10.6. The predicted molar refractivity (Wildman–Crippen MR) is 85.2 cm³/mol. The molecule has 3 heterocycles. The van der Waals surface area contributed by atoms with Gasteiger partial charge in [0.1, 0.15) is 11.3 Å². The number of anilines is 2. The Labute approximate surface area is 128 Å². The number of hydrazone groups is 1. The zero-order valence-electron chi connectivity index (χ0n) is 11.4. The SMILES string of the molecule is Cc1cc(N/N=C/c2ccc([N+](=O)[O-])s2)nc2c(N)n[nH]c12. The Morgan fingerprint density at radius 2 is 2.36 bits per heavy atom. The summed E-state index contributed by atoms with van der Waals surface area (Å²) in [5.41, 5.74) is 10.8. The lowest BCUT2D eigenvalue weighted by molar-refractivity contribution is -0.380. The van der Waals surface area contributed by atoms with Crippen molar-refractivity contribution in [1.82, 2.24) is 15.2 Å². The lowest BCUT2D eigenvalue weighted by Gasteiger charge is -2.01. The molecule has 3 aromatic rings. The van der Waals surface area contributed by atoms with Crippen molar-refractivity contribution in [3.05, 3.63) is 38.8 Å². The van der Waals surface area contributed by atoms with E-state index in [0.29, 0.717) is 22.0 Å². The zero-order valence-corrected chi connectivity index (χ0v) is 12.2. The third-order valence-corrected chi connectivity index (χ3v) is 3.88. The Bertz CT molecular complexity index is 883. The molecule has 3 rings (SSSR count). The fourth-order valence-electron chi connectivity index (χ4n) is 1.90. The number of nitrogens with zero attached hydrogens (tertiary/aromatic N) is 4. The van der Waals surface area contributed by atoms with Crippen molar-refractivity contribution >= 4 is 45.2 Å². The second kappa shape index (κ2) is 5.41. The van der Waals surface area contributed by atoms with Crippen LogP contribution in [0.5, 0.6) is 0 Å². The highest BCUT2D eigenvalue weighted by Gasteiger charge is 2.09. The average molecular weight is 317 g/mol. The smallest absolute Gasteiger partial charge is 0.324 e. The molecule has 3 aromatic heterocycles. The van der Waals surface area contributed by atoms with Crippen LogP contribution in [0.25, 0.3) is 11.0 Å². The normalized spacial score (nSPS) is 11.3. The van der Waals surface area contributed by atoms with Crippen LogP contribution in [0.15, 0.2) is 23.3 Å². The van der Waals surface area contributed by atoms with Crippen LogP contribution in [0.2, 0.25) is 0 Å². The first kappa shape index (κ1) is 13.9. The van der Waals surface area contributed by atoms with Crippen LogP contribution in [-0.4, -0.2) is 26.3 Å². The first-order valence-corrected chi connectivity index (χ1v) is 7.01. The Morgan fingerprint density at radius 1 is 1.55 bits per heavy atom. The molecule has 10 heteroatoms. The molecule has 0 unspecified atom stereocenters. The molecule has 0 aliphatic carbocycles. The zero-order chi connectivity index (χ0) is 15.7. The molecule has 0 saturated carbocycles. The van der Waals surface area contributed by atoms with Gasteiger partial charge in [-0.2, -0.15) is 10.2 Å². The summed E-state index contributed by atoms with van der Waals surface area (Å²) >= 11 is 1.04. The number of H-pyrrole nitrogens is 1. The summed E-state index contributed by atoms with van der Waals surface area (Å²) in [6.45, 7) is 1.90. The van der Waals surface area contributed by atoms with Gasteiger partial charge in [0.25, 0.3) is 0 Å². The Balaban J connectivity index is 1.79. The third-order valence-electron chi connectivity index (χ3n) is 2.91. The van der Waals surface area contributed by atoms with Crippen molar-refractivity contribution < 1.29 is 4.92 Å². The number of hydrogen-bond donors (Lipinski definition) is 3. The predicted octanol–water partition coefficient (Wildman–Crippen LogP) is 2.26. The maximum Gasteiger partial charge on any atom is 0.324 e. The van der Waals surface area contributed by atoms with Gasteiger partial charge in [-0.3, -0.25) is 20.6 Å².